The second-order valence-corrected chi connectivity index (χ2v) is 6.13. The van der Waals surface area contributed by atoms with Crippen molar-refractivity contribution in [2.45, 2.75) is 26.3 Å². The van der Waals surface area contributed by atoms with Gasteiger partial charge in [0.05, 0.1) is 0 Å². The average Bonchev–Trinajstić information content (AvgIpc) is 3.06. The highest BCUT2D eigenvalue weighted by atomic mass is 16.2. The van der Waals surface area contributed by atoms with Crippen LogP contribution in [0.2, 0.25) is 0 Å². The summed E-state index contributed by atoms with van der Waals surface area (Å²) in [5.74, 6) is 0.0475. The van der Waals surface area contributed by atoms with E-state index in [1.54, 1.807) is 0 Å². The van der Waals surface area contributed by atoms with Gasteiger partial charge in [0.2, 0.25) is 0 Å². The number of H-pyrrole nitrogens is 1. The lowest BCUT2D eigenvalue weighted by Crippen LogP contribution is -2.35. The number of aryl methyl sites for hydroxylation is 1. The molecule has 0 radical (unpaired) electrons. The fourth-order valence-corrected chi connectivity index (χ4v) is 3.36. The van der Waals surface area contributed by atoms with E-state index in [4.69, 9.17) is 0 Å². The maximum atomic E-state index is 13.0. The van der Waals surface area contributed by atoms with Gasteiger partial charge in [-0.2, -0.15) is 0 Å². The molecule has 2 heterocycles. The molecule has 1 N–H and O–H groups in total. The van der Waals surface area contributed by atoms with Crippen molar-refractivity contribution >= 4 is 22.5 Å². The second-order valence-electron chi connectivity index (χ2n) is 6.13. The molecule has 0 bridgehead atoms. The molecule has 3 aromatic rings. The Morgan fingerprint density at radius 1 is 1.18 bits per heavy atom. The Bertz CT molecular complexity index is 878. The van der Waals surface area contributed by atoms with Crippen molar-refractivity contribution in [3.63, 3.8) is 0 Å². The van der Waals surface area contributed by atoms with E-state index in [9.17, 15) is 4.79 Å². The van der Waals surface area contributed by atoms with Crippen LogP contribution in [0.3, 0.4) is 0 Å². The van der Waals surface area contributed by atoms with Crippen LogP contribution in [-0.2, 0) is 6.42 Å². The van der Waals surface area contributed by atoms with E-state index in [1.165, 1.54) is 11.1 Å². The summed E-state index contributed by atoms with van der Waals surface area (Å²) in [7, 11) is 0. The third-order valence-electron chi connectivity index (χ3n) is 4.43. The van der Waals surface area contributed by atoms with Crippen LogP contribution in [-0.4, -0.2) is 16.9 Å². The van der Waals surface area contributed by atoms with E-state index in [0.29, 0.717) is 5.69 Å². The van der Waals surface area contributed by atoms with Gasteiger partial charge in [-0.25, -0.2) is 0 Å². The van der Waals surface area contributed by atoms with Crippen molar-refractivity contribution in [1.82, 2.24) is 4.98 Å². The number of anilines is 1. The van der Waals surface area contributed by atoms with Gasteiger partial charge in [0.15, 0.2) is 0 Å². The normalized spacial score (nSPS) is 17.0. The summed E-state index contributed by atoms with van der Waals surface area (Å²) in [6.45, 7) is 4.16. The van der Waals surface area contributed by atoms with Crippen molar-refractivity contribution in [3.8, 4) is 0 Å². The first-order valence-corrected chi connectivity index (χ1v) is 7.64. The Hall–Kier alpha value is -2.55. The first-order valence-electron chi connectivity index (χ1n) is 7.64. The Morgan fingerprint density at radius 3 is 2.86 bits per heavy atom. The molecule has 0 aliphatic carbocycles. The van der Waals surface area contributed by atoms with Gasteiger partial charge in [-0.1, -0.05) is 30.3 Å². The van der Waals surface area contributed by atoms with Crippen LogP contribution in [0.1, 0.15) is 28.5 Å². The lowest BCUT2D eigenvalue weighted by molar-refractivity contribution is 0.0977. The zero-order chi connectivity index (χ0) is 15.3. The molecule has 0 fully saturated rings. The van der Waals surface area contributed by atoms with Crippen LogP contribution in [0, 0.1) is 6.92 Å². The van der Waals surface area contributed by atoms with E-state index in [1.807, 2.05) is 29.2 Å². The Labute approximate surface area is 129 Å². The highest BCUT2D eigenvalue weighted by molar-refractivity contribution is 6.09. The molecule has 1 aromatic heterocycles. The number of aromatic amines is 1. The third kappa shape index (κ3) is 1.93. The van der Waals surface area contributed by atoms with E-state index < -0.39 is 0 Å². The molecule has 110 valence electrons. The topological polar surface area (TPSA) is 36.1 Å². The number of amides is 1. The van der Waals surface area contributed by atoms with Gasteiger partial charge in [0.1, 0.15) is 5.69 Å². The molecule has 1 aliphatic heterocycles. The van der Waals surface area contributed by atoms with Crippen LogP contribution in [0.25, 0.3) is 10.9 Å². The van der Waals surface area contributed by atoms with Crippen LogP contribution >= 0.6 is 0 Å². The van der Waals surface area contributed by atoms with E-state index in [-0.39, 0.29) is 11.9 Å². The maximum absolute atomic E-state index is 13.0. The van der Waals surface area contributed by atoms with Gasteiger partial charge in [-0.3, -0.25) is 4.79 Å². The summed E-state index contributed by atoms with van der Waals surface area (Å²) in [6, 6.07) is 16.5. The summed E-state index contributed by atoms with van der Waals surface area (Å²) in [4.78, 5) is 18.2. The molecule has 1 unspecified atom stereocenters. The average molecular weight is 290 g/mol. The summed E-state index contributed by atoms with van der Waals surface area (Å²) < 4.78 is 0. The molecule has 0 saturated carbocycles. The van der Waals surface area contributed by atoms with E-state index >= 15 is 0 Å². The Balaban J connectivity index is 1.77. The van der Waals surface area contributed by atoms with Crippen LogP contribution < -0.4 is 4.90 Å². The SMILES string of the molecule is Cc1ccc2cc(C(=O)N3c4ccccc4CC3C)[nH]c2c1. The molecule has 3 nitrogen and oxygen atoms in total. The smallest absolute Gasteiger partial charge is 0.274 e. The van der Waals surface area contributed by atoms with Gasteiger partial charge in [0, 0.05) is 22.6 Å². The highest BCUT2D eigenvalue weighted by Crippen LogP contribution is 2.33. The zero-order valence-corrected chi connectivity index (χ0v) is 12.8. The number of hydrogen-bond acceptors (Lipinski definition) is 1. The third-order valence-corrected chi connectivity index (χ3v) is 4.43. The minimum absolute atomic E-state index is 0.0475. The monoisotopic (exact) mass is 290 g/mol. The quantitative estimate of drug-likeness (QED) is 0.720. The molecule has 22 heavy (non-hydrogen) atoms. The molecule has 3 heteroatoms. The number of nitrogens with one attached hydrogen (secondary N) is 1. The Morgan fingerprint density at radius 2 is 2.00 bits per heavy atom. The Kier molecular flexibility index (Phi) is 2.83. The van der Waals surface area contributed by atoms with Gasteiger partial charge in [-0.15, -0.1) is 0 Å². The fourth-order valence-electron chi connectivity index (χ4n) is 3.36. The van der Waals surface area contributed by atoms with E-state index in [0.717, 1.165) is 23.0 Å². The number of rotatable bonds is 1. The minimum atomic E-state index is 0.0475. The first kappa shape index (κ1) is 13.1. The molecule has 2 aromatic carbocycles. The molecular formula is C19H18N2O. The number of fused-ring (bicyclic) bond motifs is 2. The van der Waals surface area contributed by atoms with E-state index in [2.05, 4.69) is 43.1 Å². The van der Waals surface area contributed by atoms with Crippen molar-refractivity contribution < 1.29 is 4.79 Å². The maximum Gasteiger partial charge on any atom is 0.274 e. The molecule has 0 saturated heterocycles. The van der Waals surface area contributed by atoms with Crippen LogP contribution in [0.4, 0.5) is 5.69 Å². The zero-order valence-electron chi connectivity index (χ0n) is 12.8. The molecule has 4 rings (SSSR count). The summed E-state index contributed by atoms with van der Waals surface area (Å²) in [5, 5.41) is 1.08. The lowest BCUT2D eigenvalue weighted by atomic mass is 10.1. The predicted octanol–water partition coefficient (Wildman–Crippen LogP) is 4.07. The molecule has 1 atom stereocenters. The van der Waals surface area contributed by atoms with Crippen LogP contribution in [0.5, 0.6) is 0 Å². The number of benzene rings is 2. The number of para-hydroxylation sites is 1. The number of aromatic nitrogens is 1. The molecular weight excluding hydrogens is 272 g/mol. The van der Waals surface area contributed by atoms with Crippen LogP contribution in [0.15, 0.2) is 48.5 Å². The van der Waals surface area contributed by atoms with Gasteiger partial charge in [-0.05, 0) is 49.6 Å². The van der Waals surface area contributed by atoms with Crippen molar-refractivity contribution in [2.24, 2.45) is 0 Å². The number of nitrogens with zero attached hydrogens (tertiary/aromatic N) is 1. The largest absolute Gasteiger partial charge is 0.351 e. The molecule has 1 amide bonds. The summed E-state index contributed by atoms with van der Waals surface area (Å²) in [5.41, 5.74) is 5.14. The molecule has 1 aliphatic rings. The van der Waals surface area contributed by atoms with Gasteiger partial charge in [0.25, 0.3) is 5.91 Å². The number of hydrogen-bond donors (Lipinski definition) is 1. The van der Waals surface area contributed by atoms with Gasteiger partial charge < -0.3 is 9.88 Å². The van der Waals surface area contributed by atoms with Crippen molar-refractivity contribution in [1.29, 1.82) is 0 Å². The predicted molar refractivity (Wildman–Crippen MR) is 89.5 cm³/mol. The fraction of sp³-hybridized carbons (Fsp3) is 0.211. The van der Waals surface area contributed by atoms with Gasteiger partial charge >= 0.3 is 0 Å². The summed E-state index contributed by atoms with van der Waals surface area (Å²) >= 11 is 0. The highest BCUT2D eigenvalue weighted by Gasteiger charge is 2.31. The summed E-state index contributed by atoms with van der Waals surface area (Å²) in [6.07, 6.45) is 0.918. The minimum Gasteiger partial charge on any atom is -0.351 e. The number of carbonyl (C=O) groups is 1. The van der Waals surface area contributed by atoms with Crippen molar-refractivity contribution in [3.05, 3.63) is 65.4 Å². The standard InChI is InChI=1S/C19H18N2O/c1-12-7-8-14-11-17(20-16(14)9-12)19(22)21-13(2)10-15-5-3-4-6-18(15)21/h3-9,11,13,20H,10H2,1-2H3. The first-order chi connectivity index (χ1) is 10.6. The molecule has 0 spiro atoms. The second kappa shape index (κ2) is 4.73. The van der Waals surface area contributed by atoms with Crippen molar-refractivity contribution in [2.75, 3.05) is 4.90 Å². The lowest BCUT2D eigenvalue weighted by Gasteiger charge is -2.22. The number of carbonyl (C=O) groups excluding carboxylic acids is 1.